The molecule has 1 aliphatic rings. The number of hydrogen-bond donors (Lipinski definition) is 0. The summed E-state index contributed by atoms with van der Waals surface area (Å²) in [6, 6.07) is 20.2. The highest BCUT2D eigenvalue weighted by atomic mass is 35.5. The minimum absolute atomic E-state index is 0.0271. The highest BCUT2D eigenvalue weighted by Gasteiger charge is 2.31. The molecule has 0 radical (unpaired) electrons. The third-order valence-electron chi connectivity index (χ3n) is 4.41. The fourth-order valence-corrected chi connectivity index (χ4v) is 4.78. The Hall–Kier alpha value is -1.68. The summed E-state index contributed by atoms with van der Waals surface area (Å²) in [5.41, 5.74) is 2.12. The predicted octanol–water partition coefficient (Wildman–Crippen LogP) is 5.91. The van der Waals surface area contributed by atoms with Gasteiger partial charge in [0.05, 0.1) is 10.9 Å². The topological polar surface area (TPSA) is 20.3 Å². The molecule has 0 bridgehead atoms. The van der Waals surface area contributed by atoms with E-state index in [1.807, 2.05) is 41.3 Å². The molecule has 0 saturated carbocycles. The second-order valence-corrected chi connectivity index (χ2v) is 7.88. The van der Waals surface area contributed by atoms with E-state index in [9.17, 15) is 4.79 Å². The maximum atomic E-state index is 12.6. The fourth-order valence-electron chi connectivity index (χ4n) is 3.21. The van der Waals surface area contributed by atoms with Gasteiger partial charge in [-0.2, -0.15) is 0 Å². The summed E-state index contributed by atoms with van der Waals surface area (Å²) in [4.78, 5) is 15.5. The largest absolute Gasteiger partial charge is 0.308 e. The lowest BCUT2D eigenvalue weighted by molar-refractivity contribution is -0.116. The summed E-state index contributed by atoms with van der Waals surface area (Å²) in [7, 11) is 0. The molecule has 0 fully saturated rings. The molecule has 5 heteroatoms. The molecule has 3 aromatic rings. The zero-order chi connectivity index (χ0) is 17.4. The maximum absolute atomic E-state index is 12.6. The molecule has 3 aromatic carbocycles. The number of rotatable bonds is 2. The Morgan fingerprint density at radius 1 is 1.08 bits per heavy atom. The number of fused-ring (bicyclic) bond motifs is 3. The van der Waals surface area contributed by atoms with Crippen molar-refractivity contribution in [3.05, 3.63) is 71.2 Å². The van der Waals surface area contributed by atoms with Crippen LogP contribution in [-0.4, -0.2) is 18.3 Å². The van der Waals surface area contributed by atoms with E-state index < -0.39 is 0 Å². The Labute approximate surface area is 160 Å². The maximum Gasteiger partial charge on any atom is 0.242 e. The number of nitrogens with zero attached hydrogens (tertiary/aromatic N) is 1. The van der Waals surface area contributed by atoms with Gasteiger partial charge in [0.15, 0.2) is 0 Å². The van der Waals surface area contributed by atoms with E-state index in [2.05, 4.69) is 24.3 Å². The van der Waals surface area contributed by atoms with Crippen molar-refractivity contribution in [1.29, 1.82) is 0 Å². The van der Waals surface area contributed by atoms with Crippen LogP contribution in [0.15, 0.2) is 65.6 Å². The van der Waals surface area contributed by atoms with Gasteiger partial charge in [-0.1, -0.05) is 54.1 Å². The summed E-state index contributed by atoms with van der Waals surface area (Å²) in [6.07, 6.45) is 0. The molecule has 0 aromatic heterocycles. The number of amides is 1. The Morgan fingerprint density at radius 3 is 2.60 bits per heavy atom. The quantitative estimate of drug-likeness (QED) is 0.509. The van der Waals surface area contributed by atoms with Crippen molar-refractivity contribution in [1.82, 2.24) is 0 Å². The highest BCUT2D eigenvalue weighted by Crippen LogP contribution is 2.48. The van der Waals surface area contributed by atoms with Crippen LogP contribution in [0, 0.1) is 0 Å². The lowest BCUT2D eigenvalue weighted by Gasteiger charge is -2.35. The molecular formula is C20H15Cl2NOS. The molecule has 2 nitrogen and oxygen atoms in total. The second-order valence-electron chi connectivity index (χ2n) is 5.93. The van der Waals surface area contributed by atoms with Gasteiger partial charge in [-0.25, -0.2) is 0 Å². The first kappa shape index (κ1) is 16.8. The van der Waals surface area contributed by atoms with E-state index in [1.165, 1.54) is 0 Å². The average molecular weight is 388 g/mol. The Bertz CT molecular complexity index is 942. The zero-order valence-electron chi connectivity index (χ0n) is 13.3. The van der Waals surface area contributed by atoms with Gasteiger partial charge in [0.2, 0.25) is 5.91 Å². The summed E-state index contributed by atoms with van der Waals surface area (Å²) >= 11 is 13.7. The summed E-state index contributed by atoms with van der Waals surface area (Å²) < 4.78 is 0. The van der Waals surface area contributed by atoms with Crippen LogP contribution in [0.2, 0.25) is 5.02 Å². The van der Waals surface area contributed by atoms with Gasteiger partial charge >= 0.3 is 0 Å². The standard InChI is InChI=1S/C20H15Cl2NOS/c21-11-19(24)23-12-18(14-5-8-15(22)9-6-14)25-17-10-7-13-3-1-2-4-16(13)20(17)23/h1-10,18H,11-12H2/t18-/m0/s1. The van der Waals surface area contributed by atoms with E-state index in [0.29, 0.717) is 11.6 Å². The van der Waals surface area contributed by atoms with Crippen molar-refractivity contribution in [3.8, 4) is 0 Å². The number of halogens is 2. The minimum Gasteiger partial charge on any atom is -0.308 e. The number of hydrogen-bond acceptors (Lipinski definition) is 2. The molecule has 0 N–H and O–H groups in total. The van der Waals surface area contributed by atoms with E-state index in [1.54, 1.807) is 11.8 Å². The molecule has 0 aliphatic carbocycles. The minimum atomic E-state index is -0.0708. The van der Waals surface area contributed by atoms with Crippen molar-refractivity contribution in [3.63, 3.8) is 0 Å². The number of thioether (sulfide) groups is 1. The van der Waals surface area contributed by atoms with Gasteiger partial charge in [0, 0.05) is 21.8 Å². The summed E-state index contributed by atoms with van der Waals surface area (Å²) in [5, 5.41) is 3.07. The fraction of sp³-hybridized carbons (Fsp3) is 0.150. The van der Waals surface area contributed by atoms with Crippen LogP contribution >= 0.6 is 35.0 Å². The van der Waals surface area contributed by atoms with Crippen LogP contribution in [0.3, 0.4) is 0 Å². The molecule has 1 amide bonds. The number of carbonyl (C=O) groups is 1. The number of alkyl halides is 1. The smallest absolute Gasteiger partial charge is 0.242 e. The van der Waals surface area contributed by atoms with E-state index >= 15 is 0 Å². The van der Waals surface area contributed by atoms with Crippen LogP contribution in [0.1, 0.15) is 10.8 Å². The number of carbonyl (C=O) groups excluding carboxylic acids is 1. The Kier molecular flexibility index (Phi) is 4.63. The first-order valence-corrected chi connectivity index (χ1v) is 9.77. The molecule has 1 aliphatic heterocycles. The second kappa shape index (κ2) is 6.91. The molecular weight excluding hydrogens is 373 g/mol. The molecule has 1 atom stereocenters. The SMILES string of the molecule is O=C(CCl)N1C[C@@H](c2ccc(Cl)cc2)Sc2ccc3ccccc3c21. The van der Waals surface area contributed by atoms with Crippen molar-refractivity contribution < 1.29 is 4.79 Å². The number of benzene rings is 3. The van der Waals surface area contributed by atoms with E-state index in [0.717, 1.165) is 26.9 Å². The molecule has 0 unspecified atom stereocenters. The van der Waals surface area contributed by atoms with Gasteiger partial charge in [-0.3, -0.25) is 4.79 Å². The van der Waals surface area contributed by atoms with Crippen molar-refractivity contribution >= 4 is 57.3 Å². The zero-order valence-corrected chi connectivity index (χ0v) is 15.6. The Balaban J connectivity index is 1.84. The highest BCUT2D eigenvalue weighted by molar-refractivity contribution is 7.99. The van der Waals surface area contributed by atoms with Crippen molar-refractivity contribution in [2.24, 2.45) is 0 Å². The molecule has 0 saturated heterocycles. The van der Waals surface area contributed by atoms with Gasteiger partial charge < -0.3 is 4.90 Å². The first-order valence-electron chi connectivity index (χ1n) is 7.97. The van der Waals surface area contributed by atoms with Crippen LogP contribution in [0.25, 0.3) is 10.8 Å². The van der Waals surface area contributed by atoms with Crippen molar-refractivity contribution in [2.75, 3.05) is 17.3 Å². The van der Waals surface area contributed by atoms with E-state index in [4.69, 9.17) is 23.2 Å². The predicted molar refractivity (Wildman–Crippen MR) is 107 cm³/mol. The molecule has 1 heterocycles. The lowest BCUT2D eigenvalue weighted by Crippen LogP contribution is -2.37. The summed E-state index contributed by atoms with van der Waals surface area (Å²) in [6.45, 7) is 0.596. The van der Waals surface area contributed by atoms with Gasteiger partial charge in [0.25, 0.3) is 0 Å². The van der Waals surface area contributed by atoms with Crippen LogP contribution in [0.5, 0.6) is 0 Å². The molecule has 0 spiro atoms. The van der Waals surface area contributed by atoms with Gasteiger partial charge in [-0.15, -0.1) is 23.4 Å². The average Bonchev–Trinajstić information content (AvgIpc) is 2.66. The summed E-state index contributed by atoms with van der Waals surface area (Å²) in [5.74, 6) is -0.0979. The van der Waals surface area contributed by atoms with Gasteiger partial charge in [0.1, 0.15) is 5.88 Å². The van der Waals surface area contributed by atoms with Crippen LogP contribution in [-0.2, 0) is 4.79 Å². The molecule has 25 heavy (non-hydrogen) atoms. The Morgan fingerprint density at radius 2 is 1.84 bits per heavy atom. The third kappa shape index (κ3) is 3.12. The van der Waals surface area contributed by atoms with Crippen LogP contribution in [0.4, 0.5) is 5.69 Å². The monoisotopic (exact) mass is 387 g/mol. The molecule has 4 rings (SSSR count). The van der Waals surface area contributed by atoms with E-state index in [-0.39, 0.29) is 17.0 Å². The van der Waals surface area contributed by atoms with Crippen LogP contribution < -0.4 is 4.90 Å². The van der Waals surface area contributed by atoms with Crippen molar-refractivity contribution in [2.45, 2.75) is 10.1 Å². The van der Waals surface area contributed by atoms with Gasteiger partial charge in [-0.05, 0) is 29.1 Å². The normalized spacial score (nSPS) is 16.7. The third-order valence-corrected chi connectivity index (χ3v) is 6.18. The number of anilines is 1. The first-order chi connectivity index (χ1) is 12.2. The lowest BCUT2D eigenvalue weighted by atomic mass is 10.1. The molecule has 126 valence electrons.